The van der Waals surface area contributed by atoms with Crippen molar-refractivity contribution < 1.29 is 14.7 Å². The number of nitrogens with one attached hydrogen (secondary N) is 2. The number of hydroxylamine groups is 1. The van der Waals surface area contributed by atoms with E-state index in [1.807, 2.05) is 24.3 Å². The number of nitrogens with zero attached hydrogens (tertiary/aromatic N) is 3. The number of rotatable bonds is 4. The van der Waals surface area contributed by atoms with Gasteiger partial charge in [-0.05, 0) is 50.5 Å². The third-order valence-electron chi connectivity index (χ3n) is 5.99. The molecule has 1 unspecified atom stereocenters. The molecular weight excluding hydrogens is 396 g/mol. The Morgan fingerprint density at radius 3 is 2.68 bits per heavy atom. The average molecular weight is 429 g/mol. The van der Waals surface area contributed by atoms with Gasteiger partial charge in [-0.3, -0.25) is 0 Å². The van der Waals surface area contributed by atoms with Crippen molar-refractivity contribution in [2.24, 2.45) is 11.7 Å². The molecule has 0 saturated carbocycles. The lowest BCUT2D eigenvalue weighted by atomic mass is 9.88. The number of benzene rings is 1. The van der Waals surface area contributed by atoms with Crippen LogP contribution in [-0.4, -0.2) is 61.5 Å². The molecule has 1 aromatic carbocycles. The largest absolute Gasteiger partial charge is 0.402 e. The first-order valence-electron chi connectivity index (χ1n) is 11.0. The van der Waals surface area contributed by atoms with E-state index in [0.717, 1.165) is 67.4 Å². The highest BCUT2D eigenvalue weighted by Crippen LogP contribution is 2.43. The maximum absolute atomic E-state index is 9.54. The van der Waals surface area contributed by atoms with Crippen LogP contribution in [0.3, 0.4) is 0 Å². The van der Waals surface area contributed by atoms with E-state index < -0.39 is 0 Å². The fourth-order valence-electron chi connectivity index (χ4n) is 4.37. The molecule has 0 amide bonds. The molecule has 9 nitrogen and oxygen atoms in total. The van der Waals surface area contributed by atoms with Gasteiger partial charge in [-0.1, -0.05) is 18.2 Å². The zero-order valence-corrected chi connectivity index (χ0v) is 18.0. The van der Waals surface area contributed by atoms with E-state index in [4.69, 9.17) is 19.5 Å². The highest BCUT2D eigenvalue weighted by molar-refractivity contribution is 5.65. The van der Waals surface area contributed by atoms with Crippen LogP contribution in [0.4, 0.5) is 5.82 Å². The molecule has 5 rings (SSSR count). The molecule has 2 fully saturated rings. The fraction of sp³-hybridized carbons (Fsp3) is 0.545. The van der Waals surface area contributed by atoms with Gasteiger partial charge in [0.2, 0.25) is 5.75 Å². The van der Waals surface area contributed by atoms with Gasteiger partial charge in [0.1, 0.15) is 5.69 Å². The summed E-state index contributed by atoms with van der Waals surface area (Å²) in [5.41, 5.74) is 10.4. The van der Waals surface area contributed by atoms with E-state index >= 15 is 0 Å². The molecule has 168 valence electrons. The quantitative estimate of drug-likeness (QED) is 0.565. The highest BCUT2D eigenvalue weighted by atomic mass is 16.7. The summed E-state index contributed by atoms with van der Waals surface area (Å²) in [5, 5.41) is 13.0. The predicted molar refractivity (Wildman–Crippen MR) is 119 cm³/mol. The van der Waals surface area contributed by atoms with Crippen LogP contribution in [0.2, 0.25) is 0 Å². The average Bonchev–Trinajstić information content (AvgIpc) is 3.30. The topological polar surface area (TPSA) is 118 Å². The van der Waals surface area contributed by atoms with Crippen LogP contribution >= 0.6 is 0 Å². The summed E-state index contributed by atoms with van der Waals surface area (Å²) in [6.45, 7) is 4.95. The highest BCUT2D eigenvalue weighted by Gasteiger charge is 2.37. The first kappa shape index (κ1) is 21.9. The van der Waals surface area contributed by atoms with Crippen LogP contribution in [0.15, 0.2) is 24.3 Å². The third-order valence-corrected chi connectivity index (χ3v) is 5.99. The second-order valence-corrected chi connectivity index (χ2v) is 7.83. The number of piperidine rings is 1. The van der Waals surface area contributed by atoms with Crippen molar-refractivity contribution in [3.05, 3.63) is 35.5 Å². The van der Waals surface area contributed by atoms with Crippen molar-refractivity contribution in [2.75, 3.05) is 51.3 Å². The molecule has 31 heavy (non-hydrogen) atoms. The Kier molecular flexibility index (Phi) is 7.31. The SMILES string of the molecule is CN.OCc1cccc(-c2nc3c(c(N4CCOCC4)n2)ONC3C2CCNCC2)c1. The van der Waals surface area contributed by atoms with Gasteiger partial charge in [0.15, 0.2) is 11.6 Å². The molecule has 3 aliphatic heterocycles. The summed E-state index contributed by atoms with van der Waals surface area (Å²) >= 11 is 0. The van der Waals surface area contributed by atoms with Gasteiger partial charge >= 0.3 is 0 Å². The molecule has 9 heteroatoms. The van der Waals surface area contributed by atoms with Crippen LogP contribution in [0.5, 0.6) is 5.75 Å². The number of anilines is 1. The van der Waals surface area contributed by atoms with E-state index in [9.17, 15) is 5.11 Å². The Balaban J connectivity index is 0.00000112. The number of nitrogens with two attached hydrogens (primary N) is 1. The Morgan fingerprint density at radius 2 is 1.94 bits per heavy atom. The summed E-state index contributed by atoms with van der Waals surface area (Å²) in [7, 11) is 1.50. The van der Waals surface area contributed by atoms with E-state index in [2.05, 4.69) is 21.4 Å². The molecule has 0 bridgehead atoms. The summed E-state index contributed by atoms with van der Waals surface area (Å²) in [6.07, 6.45) is 2.18. The first-order valence-corrected chi connectivity index (χ1v) is 11.0. The number of hydrogen-bond acceptors (Lipinski definition) is 9. The van der Waals surface area contributed by atoms with E-state index in [1.165, 1.54) is 7.05 Å². The maximum atomic E-state index is 9.54. The molecule has 0 radical (unpaired) electrons. The van der Waals surface area contributed by atoms with Gasteiger partial charge in [-0.15, -0.1) is 5.48 Å². The fourth-order valence-corrected chi connectivity index (χ4v) is 4.37. The Hall–Kier alpha value is -2.30. The van der Waals surface area contributed by atoms with Gasteiger partial charge < -0.3 is 30.6 Å². The predicted octanol–water partition coefficient (Wildman–Crippen LogP) is 0.985. The van der Waals surface area contributed by atoms with Gasteiger partial charge in [0.05, 0.1) is 25.9 Å². The van der Waals surface area contributed by atoms with Gasteiger partial charge in [-0.25, -0.2) is 9.97 Å². The number of aliphatic hydroxyl groups excluding tert-OH is 1. The summed E-state index contributed by atoms with van der Waals surface area (Å²) in [6, 6.07) is 7.85. The van der Waals surface area contributed by atoms with Crippen LogP contribution in [-0.2, 0) is 11.3 Å². The molecule has 0 aliphatic carbocycles. The molecule has 0 spiro atoms. The molecule has 1 aromatic heterocycles. The summed E-state index contributed by atoms with van der Waals surface area (Å²) in [4.78, 5) is 18.0. The number of ether oxygens (including phenoxy) is 1. The number of aromatic nitrogens is 2. The van der Waals surface area contributed by atoms with Crippen molar-refractivity contribution in [2.45, 2.75) is 25.5 Å². The van der Waals surface area contributed by atoms with Gasteiger partial charge in [-0.2, -0.15) is 0 Å². The summed E-state index contributed by atoms with van der Waals surface area (Å²) in [5.74, 6) is 2.72. The monoisotopic (exact) mass is 428 g/mol. The second kappa shape index (κ2) is 10.3. The Bertz CT molecular complexity index is 868. The summed E-state index contributed by atoms with van der Waals surface area (Å²) < 4.78 is 5.53. The zero-order chi connectivity index (χ0) is 21.6. The minimum atomic E-state index is -0.00251. The molecule has 3 aliphatic rings. The van der Waals surface area contributed by atoms with Crippen molar-refractivity contribution in [1.29, 1.82) is 0 Å². The van der Waals surface area contributed by atoms with E-state index in [-0.39, 0.29) is 12.6 Å². The van der Waals surface area contributed by atoms with Crippen LogP contribution < -0.4 is 26.3 Å². The van der Waals surface area contributed by atoms with Crippen LogP contribution in [0.25, 0.3) is 11.4 Å². The lowest BCUT2D eigenvalue weighted by Gasteiger charge is -2.29. The first-order chi connectivity index (χ1) is 15.3. The molecule has 1 atom stereocenters. The number of morpholine rings is 1. The van der Waals surface area contributed by atoms with Crippen molar-refractivity contribution in [1.82, 2.24) is 20.8 Å². The van der Waals surface area contributed by atoms with Crippen LogP contribution in [0, 0.1) is 5.92 Å². The molecule has 4 heterocycles. The lowest BCUT2D eigenvalue weighted by Crippen LogP contribution is -2.37. The van der Waals surface area contributed by atoms with Crippen LogP contribution in [0.1, 0.15) is 30.1 Å². The Morgan fingerprint density at radius 1 is 1.16 bits per heavy atom. The van der Waals surface area contributed by atoms with E-state index in [1.54, 1.807) is 0 Å². The number of hydrogen-bond donors (Lipinski definition) is 4. The van der Waals surface area contributed by atoms with E-state index in [0.29, 0.717) is 25.0 Å². The lowest BCUT2D eigenvalue weighted by molar-refractivity contribution is 0.121. The zero-order valence-electron chi connectivity index (χ0n) is 18.0. The molecule has 2 aromatic rings. The van der Waals surface area contributed by atoms with Crippen molar-refractivity contribution in [3.63, 3.8) is 0 Å². The number of fused-ring (bicyclic) bond motifs is 1. The molecule has 5 N–H and O–H groups in total. The van der Waals surface area contributed by atoms with Gasteiger partial charge in [0, 0.05) is 18.7 Å². The number of aliphatic hydroxyl groups is 1. The maximum Gasteiger partial charge on any atom is 0.212 e. The van der Waals surface area contributed by atoms with Gasteiger partial charge in [0.25, 0.3) is 0 Å². The normalized spacial score (nSPS) is 21.1. The van der Waals surface area contributed by atoms with Crippen molar-refractivity contribution >= 4 is 5.82 Å². The smallest absolute Gasteiger partial charge is 0.212 e. The molecule has 2 saturated heterocycles. The van der Waals surface area contributed by atoms with Crippen molar-refractivity contribution in [3.8, 4) is 17.1 Å². The third kappa shape index (κ3) is 4.65. The second-order valence-electron chi connectivity index (χ2n) is 7.83. The Labute approximate surface area is 182 Å². The molecular formula is C22H32N6O3. The standard InChI is InChI=1S/C21H27N5O3.CH5N/c27-13-14-2-1-3-16(12-14)20-23-18-17(15-4-6-22-7-5-15)25-29-19(18)21(24-20)26-8-10-28-11-9-26;1-2/h1-3,12,15,17,22,25,27H,4-11,13H2;2H2,1H3. The minimum absolute atomic E-state index is 0.00251. The minimum Gasteiger partial charge on any atom is -0.402 e.